The van der Waals surface area contributed by atoms with Crippen LogP contribution in [-0.4, -0.2) is 29.0 Å². The van der Waals surface area contributed by atoms with E-state index in [4.69, 9.17) is 0 Å². The second-order valence-electron chi connectivity index (χ2n) is 6.18. The van der Waals surface area contributed by atoms with E-state index in [1.54, 1.807) is 0 Å². The summed E-state index contributed by atoms with van der Waals surface area (Å²) in [5, 5.41) is 0. The maximum atomic E-state index is 10.4. The van der Waals surface area contributed by atoms with E-state index in [0.29, 0.717) is 35.2 Å². The monoisotopic (exact) mass is 392 g/mol. The maximum Gasteiger partial charge on any atom is 1.00 e. The normalized spacial score (nSPS) is 20.8. The maximum absolute atomic E-state index is 10.4. The van der Waals surface area contributed by atoms with Crippen LogP contribution in [0.1, 0.15) is 38.5 Å². The Labute approximate surface area is 195 Å². The van der Waals surface area contributed by atoms with Gasteiger partial charge in [0.2, 0.25) is 0 Å². The van der Waals surface area contributed by atoms with Gasteiger partial charge in [-0.05, 0) is 62.2 Å². The molecule has 0 amide bonds. The van der Waals surface area contributed by atoms with E-state index in [0.717, 1.165) is 12.8 Å². The Morgan fingerprint density at radius 3 is 1.29 bits per heavy atom. The molecule has 0 aliphatic heterocycles. The summed E-state index contributed by atoms with van der Waals surface area (Å²) in [6, 6.07) is 0. The number of hydrogen-bond acceptors (Lipinski definition) is 4. The van der Waals surface area contributed by atoms with Crippen LogP contribution < -0.4 is 59.1 Å². The van der Waals surface area contributed by atoms with Crippen LogP contribution in [0, 0.1) is 23.7 Å². The van der Waals surface area contributed by atoms with Crippen molar-refractivity contribution in [2.45, 2.75) is 38.5 Å². The van der Waals surface area contributed by atoms with Gasteiger partial charge in [0.1, 0.15) is 0 Å². The largest absolute Gasteiger partial charge is 1.00 e. The van der Waals surface area contributed by atoms with Gasteiger partial charge in [0, 0.05) is 11.5 Å². The molecule has 24 heavy (non-hydrogen) atoms. The van der Waals surface area contributed by atoms with Gasteiger partial charge in [-0.2, -0.15) is 0 Å². The summed E-state index contributed by atoms with van der Waals surface area (Å²) < 4.78 is 41.5. The molecule has 0 heterocycles. The SMILES string of the molecule is C=CC[C@@H](CS(=O)[O-])C1CC1.C=CC[C@H](CS(=O)[O-])C1CC1.[Na+].[Na+]. The molecule has 0 radical (unpaired) electrons. The third kappa shape index (κ3) is 13.8. The van der Waals surface area contributed by atoms with Gasteiger partial charge in [0.15, 0.2) is 0 Å². The van der Waals surface area contributed by atoms with Gasteiger partial charge in [-0.3, -0.25) is 8.42 Å². The van der Waals surface area contributed by atoms with Gasteiger partial charge >= 0.3 is 59.1 Å². The molecule has 0 spiro atoms. The molecule has 0 aromatic rings. The summed E-state index contributed by atoms with van der Waals surface area (Å²) in [5.74, 6) is 2.63. The van der Waals surface area contributed by atoms with Gasteiger partial charge in [0.05, 0.1) is 0 Å². The van der Waals surface area contributed by atoms with Gasteiger partial charge in [-0.1, -0.05) is 34.3 Å². The van der Waals surface area contributed by atoms with Crippen molar-refractivity contribution >= 4 is 22.2 Å². The van der Waals surface area contributed by atoms with Crippen LogP contribution in [0.25, 0.3) is 0 Å². The third-order valence-corrected chi connectivity index (χ3v) is 5.62. The van der Waals surface area contributed by atoms with E-state index in [-0.39, 0.29) is 59.1 Å². The average molecular weight is 392 g/mol. The Morgan fingerprint density at radius 2 is 1.12 bits per heavy atom. The van der Waals surface area contributed by atoms with Gasteiger partial charge in [0.25, 0.3) is 0 Å². The smallest absolute Gasteiger partial charge is 0.772 e. The first kappa shape index (κ1) is 27.9. The topological polar surface area (TPSA) is 80.3 Å². The van der Waals surface area contributed by atoms with Crippen LogP contribution in [-0.2, 0) is 22.2 Å². The van der Waals surface area contributed by atoms with E-state index >= 15 is 0 Å². The van der Waals surface area contributed by atoms with Crippen molar-refractivity contribution in [2.24, 2.45) is 23.7 Å². The molecule has 128 valence electrons. The summed E-state index contributed by atoms with van der Waals surface area (Å²) in [7, 11) is 0. The Morgan fingerprint density at radius 1 is 0.833 bits per heavy atom. The quantitative estimate of drug-likeness (QED) is 0.225. The van der Waals surface area contributed by atoms with Crippen molar-refractivity contribution < 1.29 is 76.6 Å². The Bertz CT molecular complexity index is 375. The van der Waals surface area contributed by atoms with Crippen LogP contribution in [0.2, 0.25) is 0 Å². The number of allylic oxidation sites excluding steroid dienone is 2. The van der Waals surface area contributed by atoms with Crippen LogP contribution >= 0.6 is 0 Å². The number of rotatable bonds is 10. The van der Waals surface area contributed by atoms with E-state index in [2.05, 4.69) is 13.2 Å². The molecule has 2 aliphatic carbocycles. The van der Waals surface area contributed by atoms with Gasteiger partial charge in [-0.15, -0.1) is 13.2 Å². The molecule has 2 unspecified atom stereocenters. The van der Waals surface area contributed by atoms with Gasteiger partial charge in [-0.25, -0.2) is 0 Å². The summed E-state index contributed by atoms with van der Waals surface area (Å²) in [4.78, 5) is 0. The Kier molecular flexibility index (Phi) is 18.3. The zero-order valence-electron chi connectivity index (χ0n) is 15.0. The average Bonchev–Trinajstić information content (AvgIpc) is 3.29. The first-order valence-electron chi connectivity index (χ1n) is 7.81. The standard InChI is InChI=1S/2C8H14O2S.2Na/c2*1-2-3-8(6-11(9)10)7-4-5-7;;/h2*2,7-8H,1,3-6H2,(H,9,10);;/q;;2*+1/p-2/t2*8-;;/m10../s1. The molecule has 0 saturated heterocycles. The van der Waals surface area contributed by atoms with Gasteiger partial charge < -0.3 is 9.11 Å². The minimum atomic E-state index is -1.88. The van der Waals surface area contributed by atoms with Crippen LogP contribution in [0.4, 0.5) is 0 Å². The van der Waals surface area contributed by atoms with Crippen molar-refractivity contribution in [3.8, 4) is 0 Å². The Balaban J connectivity index is 0. The minimum Gasteiger partial charge on any atom is -0.772 e. The predicted molar refractivity (Wildman–Crippen MR) is 89.6 cm³/mol. The molecule has 4 nitrogen and oxygen atoms in total. The van der Waals surface area contributed by atoms with Crippen LogP contribution in [0.3, 0.4) is 0 Å². The first-order valence-corrected chi connectivity index (χ1v) is 10.3. The third-order valence-electron chi connectivity index (χ3n) is 4.22. The molecular formula is C16H26Na2O4S2. The predicted octanol–water partition coefficient (Wildman–Crippen LogP) is -3.06. The van der Waals surface area contributed by atoms with Crippen molar-refractivity contribution in [2.75, 3.05) is 11.5 Å². The molecule has 0 aromatic carbocycles. The van der Waals surface area contributed by atoms with E-state index < -0.39 is 22.2 Å². The summed E-state index contributed by atoms with van der Waals surface area (Å²) in [5.41, 5.74) is 0. The summed E-state index contributed by atoms with van der Waals surface area (Å²) in [6.07, 6.45) is 10.1. The van der Waals surface area contributed by atoms with E-state index in [9.17, 15) is 17.5 Å². The Hall–Kier alpha value is 1.70. The van der Waals surface area contributed by atoms with E-state index in [1.807, 2.05) is 12.2 Å². The molecular weight excluding hydrogens is 366 g/mol. The molecule has 4 atom stereocenters. The fourth-order valence-corrected chi connectivity index (χ4v) is 4.22. The summed E-state index contributed by atoms with van der Waals surface area (Å²) >= 11 is -3.75. The zero-order chi connectivity index (χ0) is 16.5. The first-order chi connectivity index (χ1) is 10.5. The van der Waals surface area contributed by atoms with Crippen LogP contribution in [0.15, 0.2) is 25.3 Å². The summed E-state index contributed by atoms with van der Waals surface area (Å²) in [6.45, 7) is 7.23. The second kappa shape index (κ2) is 15.7. The molecule has 2 saturated carbocycles. The zero-order valence-corrected chi connectivity index (χ0v) is 20.6. The second-order valence-corrected chi connectivity index (χ2v) is 8.07. The molecule has 2 fully saturated rings. The fraction of sp³-hybridized carbons (Fsp3) is 0.750. The molecule has 8 heteroatoms. The van der Waals surface area contributed by atoms with Crippen molar-refractivity contribution in [3.05, 3.63) is 25.3 Å². The van der Waals surface area contributed by atoms with Crippen molar-refractivity contribution in [1.82, 2.24) is 0 Å². The minimum absolute atomic E-state index is 0. The molecule has 0 aromatic heterocycles. The van der Waals surface area contributed by atoms with Crippen molar-refractivity contribution in [3.63, 3.8) is 0 Å². The van der Waals surface area contributed by atoms with Crippen LogP contribution in [0.5, 0.6) is 0 Å². The van der Waals surface area contributed by atoms with E-state index in [1.165, 1.54) is 25.7 Å². The fourth-order valence-electron chi connectivity index (χ4n) is 2.71. The molecule has 2 rings (SSSR count). The molecule has 0 bridgehead atoms. The number of hydrogen-bond donors (Lipinski definition) is 0. The molecule has 0 N–H and O–H groups in total. The molecule has 2 aliphatic rings. The van der Waals surface area contributed by atoms with Crippen molar-refractivity contribution in [1.29, 1.82) is 0 Å².